The summed E-state index contributed by atoms with van der Waals surface area (Å²) in [6.07, 6.45) is -0.874. The minimum absolute atomic E-state index is 0.0955. The lowest BCUT2D eigenvalue weighted by Crippen LogP contribution is -2.16. The molecule has 1 atom stereocenters. The van der Waals surface area contributed by atoms with Crippen molar-refractivity contribution in [3.8, 4) is 5.75 Å². The van der Waals surface area contributed by atoms with E-state index < -0.39 is 29.1 Å². The second kappa shape index (κ2) is 5.46. The molecule has 4 N–H and O–H groups in total. The van der Waals surface area contributed by atoms with Crippen LogP contribution in [0.2, 0.25) is 0 Å². The van der Waals surface area contributed by atoms with Crippen molar-refractivity contribution >= 4 is 11.4 Å². The van der Waals surface area contributed by atoms with Gasteiger partial charge in [-0.3, -0.25) is 10.1 Å². The molecule has 0 fully saturated rings. The molecule has 7 heteroatoms. The van der Waals surface area contributed by atoms with E-state index in [1.807, 2.05) is 0 Å². The molecule has 0 saturated heterocycles. The summed E-state index contributed by atoms with van der Waals surface area (Å²) in [5, 5.41) is 40.8. The summed E-state index contributed by atoms with van der Waals surface area (Å²) in [5.41, 5.74) is 0.524. The lowest BCUT2D eigenvalue weighted by atomic mass is 10.0. The van der Waals surface area contributed by atoms with Crippen LogP contribution in [0.3, 0.4) is 0 Å². The molecule has 0 bridgehead atoms. The van der Waals surface area contributed by atoms with Gasteiger partial charge in [-0.05, 0) is 11.6 Å². The Morgan fingerprint density at radius 1 is 1.53 bits per heavy atom. The Kier molecular flexibility index (Phi) is 4.24. The number of nitrogens with one attached hydrogen (secondary N) is 1. The largest absolute Gasteiger partial charge is 0.502 e. The van der Waals surface area contributed by atoms with Crippen LogP contribution in [0.15, 0.2) is 12.1 Å². The van der Waals surface area contributed by atoms with Crippen molar-refractivity contribution in [2.75, 3.05) is 19.0 Å². The third-order valence-corrected chi connectivity index (χ3v) is 2.33. The quantitative estimate of drug-likeness (QED) is 0.334. The molecule has 1 aromatic rings. The average Bonchev–Trinajstić information content (AvgIpc) is 2.28. The van der Waals surface area contributed by atoms with Crippen molar-refractivity contribution in [3.63, 3.8) is 0 Å². The third-order valence-electron chi connectivity index (χ3n) is 2.33. The summed E-state index contributed by atoms with van der Waals surface area (Å²) in [6, 6.07) is 2.40. The Balaban J connectivity index is 3.14. The van der Waals surface area contributed by atoms with Gasteiger partial charge in [-0.15, -0.1) is 0 Å². The highest BCUT2D eigenvalue weighted by atomic mass is 16.6. The van der Waals surface area contributed by atoms with Gasteiger partial charge in [0.25, 0.3) is 0 Å². The first-order valence-corrected chi connectivity index (χ1v) is 4.96. The number of hydrogen-bond donors (Lipinski definition) is 4. The van der Waals surface area contributed by atoms with Crippen LogP contribution in [0.5, 0.6) is 5.75 Å². The van der Waals surface area contributed by atoms with Crippen molar-refractivity contribution in [2.45, 2.75) is 12.5 Å². The molecule has 0 aliphatic heterocycles. The molecule has 1 unspecified atom stereocenters. The van der Waals surface area contributed by atoms with Gasteiger partial charge < -0.3 is 20.6 Å². The standard InChI is InChI=1S/C10H14N2O5/c1-11-8-4-9(12(16)17)10(15)3-6(8)2-7(14)5-13/h3-4,7,11,13-15H,2,5H2,1H3. The first-order valence-electron chi connectivity index (χ1n) is 4.96. The van der Waals surface area contributed by atoms with Gasteiger partial charge in [0.15, 0.2) is 5.75 Å². The van der Waals surface area contributed by atoms with Gasteiger partial charge in [0.2, 0.25) is 0 Å². The van der Waals surface area contributed by atoms with E-state index in [9.17, 15) is 20.3 Å². The lowest BCUT2D eigenvalue weighted by Gasteiger charge is -2.12. The topological polar surface area (TPSA) is 116 Å². The Hall–Kier alpha value is -1.86. The van der Waals surface area contributed by atoms with Crippen LogP contribution < -0.4 is 5.32 Å². The Morgan fingerprint density at radius 2 is 2.18 bits per heavy atom. The predicted molar refractivity (Wildman–Crippen MR) is 61.1 cm³/mol. The maximum Gasteiger partial charge on any atom is 0.312 e. The van der Waals surface area contributed by atoms with Crippen molar-refractivity contribution < 1.29 is 20.2 Å². The third kappa shape index (κ3) is 3.05. The number of nitro benzene ring substituents is 1. The van der Waals surface area contributed by atoms with E-state index in [0.717, 1.165) is 0 Å². The van der Waals surface area contributed by atoms with E-state index in [0.29, 0.717) is 11.3 Å². The van der Waals surface area contributed by atoms with E-state index >= 15 is 0 Å². The van der Waals surface area contributed by atoms with Crippen LogP contribution in [0.1, 0.15) is 5.56 Å². The van der Waals surface area contributed by atoms with E-state index in [-0.39, 0.29) is 6.42 Å². The zero-order valence-corrected chi connectivity index (χ0v) is 9.25. The van der Waals surface area contributed by atoms with E-state index in [2.05, 4.69) is 5.32 Å². The van der Waals surface area contributed by atoms with Gasteiger partial charge in [-0.2, -0.15) is 0 Å². The number of nitrogens with zero attached hydrogens (tertiary/aromatic N) is 1. The molecule has 0 aromatic heterocycles. The first-order chi connectivity index (χ1) is 7.99. The number of aromatic hydroxyl groups is 1. The number of nitro groups is 1. The molecule has 0 amide bonds. The zero-order valence-electron chi connectivity index (χ0n) is 9.25. The number of aliphatic hydroxyl groups excluding tert-OH is 2. The minimum Gasteiger partial charge on any atom is -0.502 e. The molecule has 0 aliphatic carbocycles. The van der Waals surface area contributed by atoms with Crippen LogP contribution >= 0.6 is 0 Å². The minimum atomic E-state index is -0.969. The van der Waals surface area contributed by atoms with E-state index in [1.54, 1.807) is 7.05 Å². The van der Waals surface area contributed by atoms with Crippen molar-refractivity contribution in [1.82, 2.24) is 0 Å². The molecule has 17 heavy (non-hydrogen) atoms. The fourth-order valence-electron chi connectivity index (χ4n) is 1.49. The fourth-order valence-corrected chi connectivity index (χ4v) is 1.49. The maximum absolute atomic E-state index is 10.6. The number of phenolic OH excluding ortho intramolecular Hbond substituents is 1. The molecule has 0 aliphatic rings. The molecular weight excluding hydrogens is 228 g/mol. The Bertz CT molecular complexity index is 421. The van der Waals surface area contributed by atoms with Gasteiger partial charge in [0, 0.05) is 25.2 Å². The zero-order chi connectivity index (χ0) is 13.0. The fraction of sp³-hybridized carbons (Fsp3) is 0.400. The van der Waals surface area contributed by atoms with Gasteiger partial charge in [0.05, 0.1) is 17.6 Å². The number of phenols is 1. The first kappa shape index (κ1) is 13.2. The number of rotatable bonds is 5. The molecule has 0 saturated carbocycles. The summed E-state index contributed by atoms with van der Waals surface area (Å²) < 4.78 is 0. The molecular formula is C10H14N2O5. The Labute approximate surface area is 97.5 Å². The van der Waals surface area contributed by atoms with E-state index in [1.165, 1.54) is 12.1 Å². The normalized spacial score (nSPS) is 12.2. The highest BCUT2D eigenvalue weighted by molar-refractivity contribution is 5.63. The van der Waals surface area contributed by atoms with Crippen LogP contribution in [0.25, 0.3) is 0 Å². The molecule has 94 valence electrons. The predicted octanol–water partition coefficient (Wildman–Crippen LogP) is 0.238. The highest BCUT2D eigenvalue weighted by Crippen LogP contribution is 2.32. The number of aliphatic hydroxyl groups is 2. The Morgan fingerprint density at radius 3 is 2.65 bits per heavy atom. The van der Waals surface area contributed by atoms with Gasteiger partial charge in [-0.1, -0.05) is 0 Å². The smallest absolute Gasteiger partial charge is 0.312 e. The van der Waals surface area contributed by atoms with Crippen LogP contribution in [-0.2, 0) is 6.42 Å². The SMILES string of the molecule is CNc1cc([N+](=O)[O-])c(O)cc1CC(O)CO. The summed E-state index contributed by atoms with van der Waals surface area (Å²) in [4.78, 5) is 9.92. The molecule has 0 radical (unpaired) electrons. The number of benzene rings is 1. The summed E-state index contributed by atoms with van der Waals surface area (Å²) >= 11 is 0. The van der Waals surface area contributed by atoms with Gasteiger partial charge >= 0.3 is 5.69 Å². The second-order valence-electron chi connectivity index (χ2n) is 3.55. The molecule has 7 nitrogen and oxygen atoms in total. The average molecular weight is 242 g/mol. The van der Waals surface area contributed by atoms with Crippen LogP contribution in [0.4, 0.5) is 11.4 Å². The monoisotopic (exact) mass is 242 g/mol. The maximum atomic E-state index is 10.6. The summed E-state index contributed by atoms with van der Waals surface area (Å²) in [5.74, 6) is -0.464. The summed E-state index contributed by atoms with van der Waals surface area (Å²) in [6.45, 7) is -0.416. The van der Waals surface area contributed by atoms with Crippen molar-refractivity contribution in [3.05, 3.63) is 27.8 Å². The molecule has 1 aromatic carbocycles. The molecule has 0 spiro atoms. The van der Waals surface area contributed by atoms with Gasteiger partial charge in [0.1, 0.15) is 0 Å². The van der Waals surface area contributed by atoms with E-state index in [4.69, 9.17) is 5.11 Å². The van der Waals surface area contributed by atoms with Gasteiger partial charge in [-0.25, -0.2) is 0 Å². The lowest BCUT2D eigenvalue weighted by molar-refractivity contribution is -0.385. The highest BCUT2D eigenvalue weighted by Gasteiger charge is 2.18. The second-order valence-corrected chi connectivity index (χ2v) is 3.55. The van der Waals surface area contributed by atoms with Crippen molar-refractivity contribution in [1.29, 1.82) is 0 Å². The summed E-state index contributed by atoms with van der Waals surface area (Å²) in [7, 11) is 1.57. The van der Waals surface area contributed by atoms with Crippen molar-refractivity contribution in [2.24, 2.45) is 0 Å². The number of hydrogen-bond acceptors (Lipinski definition) is 6. The van der Waals surface area contributed by atoms with Crippen LogP contribution in [-0.4, -0.2) is 40.0 Å². The molecule has 1 rings (SSSR count). The van der Waals surface area contributed by atoms with Crippen LogP contribution in [0, 0.1) is 10.1 Å². The molecule has 0 heterocycles. The number of anilines is 1.